The van der Waals surface area contributed by atoms with Gasteiger partial charge in [-0.2, -0.15) is 0 Å². The van der Waals surface area contributed by atoms with Crippen molar-refractivity contribution in [2.45, 2.75) is 30.1 Å². The maximum absolute atomic E-state index is 14.4. The first-order chi connectivity index (χ1) is 15.7. The number of sulfonamides is 1. The molecular formula is C22H22F2N2O6S. The molecule has 11 heteroatoms. The van der Waals surface area contributed by atoms with Crippen molar-refractivity contribution in [1.82, 2.24) is 4.98 Å². The summed E-state index contributed by atoms with van der Waals surface area (Å²) in [7, 11) is -2.70. The van der Waals surface area contributed by atoms with Crippen molar-refractivity contribution < 1.29 is 35.8 Å². The average Bonchev–Trinajstić information content (AvgIpc) is 3.23. The van der Waals surface area contributed by atoms with Gasteiger partial charge in [-0.25, -0.2) is 27.3 Å². The Kier molecular flexibility index (Phi) is 6.48. The van der Waals surface area contributed by atoms with Crippen molar-refractivity contribution in [2.24, 2.45) is 5.14 Å². The average molecular weight is 480 g/mol. The molecule has 1 aliphatic rings. The van der Waals surface area contributed by atoms with Crippen LogP contribution in [0.4, 0.5) is 8.78 Å². The third kappa shape index (κ3) is 5.06. The van der Waals surface area contributed by atoms with Gasteiger partial charge in [-0.15, -0.1) is 0 Å². The lowest BCUT2D eigenvalue weighted by Crippen LogP contribution is -2.35. The van der Waals surface area contributed by atoms with Crippen LogP contribution in [0.3, 0.4) is 0 Å². The number of hydrogen-bond donors (Lipinski definition) is 1. The van der Waals surface area contributed by atoms with Crippen molar-refractivity contribution in [3.8, 4) is 17.0 Å². The Hall–Kier alpha value is -2.86. The van der Waals surface area contributed by atoms with Crippen molar-refractivity contribution in [3.63, 3.8) is 0 Å². The first-order valence-electron chi connectivity index (χ1n) is 10.1. The Morgan fingerprint density at radius 3 is 2.42 bits per heavy atom. The standard InChI is InChI=1S/C22H22F2N2O6S/c1-29-22(6-8-30-9-7-22)15-10-17(24)12-18(11-15)31-13-19-26-20(21(32-19)33(25,27)28)14-2-4-16(23)5-3-14/h2-5,10-12H,6-9,13H2,1H3,(H2,25,27,28). The molecular weight excluding hydrogens is 458 g/mol. The first-order valence-corrected chi connectivity index (χ1v) is 11.6. The van der Waals surface area contributed by atoms with E-state index in [2.05, 4.69) is 4.98 Å². The Morgan fingerprint density at radius 1 is 1.09 bits per heavy atom. The fraction of sp³-hybridized carbons (Fsp3) is 0.318. The predicted octanol–water partition coefficient (Wildman–Crippen LogP) is 3.50. The third-order valence-corrected chi connectivity index (χ3v) is 6.26. The second kappa shape index (κ2) is 9.18. The summed E-state index contributed by atoms with van der Waals surface area (Å²) in [5.74, 6) is -0.929. The molecule has 8 nitrogen and oxygen atoms in total. The van der Waals surface area contributed by atoms with Crippen LogP contribution in [-0.2, 0) is 31.7 Å². The normalized spacial score (nSPS) is 16.0. The van der Waals surface area contributed by atoms with Crippen LogP contribution < -0.4 is 9.88 Å². The number of nitrogens with zero attached hydrogens (tertiary/aromatic N) is 1. The van der Waals surface area contributed by atoms with Gasteiger partial charge in [0.2, 0.25) is 5.89 Å². The van der Waals surface area contributed by atoms with Gasteiger partial charge in [-0.3, -0.25) is 0 Å². The number of ether oxygens (including phenoxy) is 3. The topological polar surface area (TPSA) is 114 Å². The zero-order valence-electron chi connectivity index (χ0n) is 17.7. The predicted molar refractivity (Wildman–Crippen MR) is 113 cm³/mol. The number of benzene rings is 2. The number of halogens is 2. The number of nitrogens with two attached hydrogens (primary N) is 1. The summed E-state index contributed by atoms with van der Waals surface area (Å²) < 4.78 is 73.6. The minimum absolute atomic E-state index is 0.0726. The molecule has 1 fully saturated rings. The quantitative estimate of drug-likeness (QED) is 0.551. The van der Waals surface area contributed by atoms with Crippen LogP contribution in [0.5, 0.6) is 5.75 Å². The molecule has 0 saturated carbocycles. The highest BCUT2D eigenvalue weighted by Crippen LogP contribution is 2.37. The summed E-state index contributed by atoms with van der Waals surface area (Å²) in [6.07, 6.45) is 1.12. The summed E-state index contributed by atoms with van der Waals surface area (Å²) in [4.78, 5) is 4.15. The van der Waals surface area contributed by atoms with Gasteiger partial charge in [0.05, 0.1) is 5.60 Å². The lowest BCUT2D eigenvalue weighted by molar-refractivity contribution is -0.0950. The number of oxazole rings is 1. The molecule has 3 aromatic rings. The lowest BCUT2D eigenvalue weighted by atomic mass is 9.86. The van der Waals surface area contributed by atoms with E-state index in [1.54, 1.807) is 13.2 Å². The molecule has 176 valence electrons. The van der Waals surface area contributed by atoms with E-state index >= 15 is 0 Å². The van der Waals surface area contributed by atoms with Crippen LogP contribution in [0.25, 0.3) is 11.3 Å². The molecule has 0 atom stereocenters. The van der Waals surface area contributed by atoms with Crippen LogP contribution in [0.2, 0.25) is 0 Å². The Balaban J connectivity index is 1.61. The van der Waals surface area contributed by atoms with E-state index in [4.69, 9.17) is 23.8 Å². The molecule has 2 N–H and O–H groups in total. The van der Waals surface area contributed by atoms with Gasteiger partial charge >= 0.3 is 0 Å². The van der Waals surface area contributed by atoms with Gasteiger partial charge in [-0.1, -0.05) is 0 Å². The van der Waals surface area contributed by atoms with Gasteiger partial charge in [0.25, 0.3) is 15.1 Å². The molecule has 1 saturated heterocycles. The Bertz CT molecular complexity index is 1240. The molecule has 2 aromatic carbocycles. The van der Waals surface area contributed by atoms with Gasteiger partial charge < -0.3 is 18.6 Å². The second-order valence-corrected chi connectivity index (χ2v) is 9.03. The summed E-state index contributed by atoms with van der Waals surface area (Å²) in [5, 5.41) is 4.67. The van der Waals surface area contributed by atoms with Crippen LogP contribution >= 0.6 is 0 Å². The fourth-order valence-electron chi connectivity index (χ4n) is 3.76. The Labute approximate surface area is 189 Å². The van der Waals surface area contributed by atoms with Crippen molar-refractivity contribution in [2.75, 3.05) is 20.3 Å². The summed E-state index contributed by atoms with van der Waals surface area (Å²) in [6, 6.07) is 9.25. The van der Waals surface area contributed by atoms with E-state index in [0.29, 0.717) is 37.2 Å². The highest BCUT2D eigenvalue weighted by Gasteiger charge is 2.35. The molecule has 0 unspecified atom stereocenters. The van der Waals surface area contributed by atoms with E-state index in [0.717, 1.165) is 12.1 Å². The molecule has 1 aliphatic heterocycles. The maximum Gasteiger partial charge on any atom is 0.273 e. The summed E-state index contributed by atoms with van der Waals surface area (Å²) >= 11 is 0. The van der Waals surface area contributed by atoms with Crippen molar-refractivity contribution in [3.05, 3.63) is 65.6 Å². The minimum Gasteiger partial charge on any atom is -0.484 e. The number of primary sulfonamides is 1. The van der Waals surface area contributed by atoms with Crippen molar-refractivity contribution >= 4 is 10.0 Å². The smallest absolute Gasteiger partial charge is 0.273 e. The van der Waals surface area contributed by atoms with Crippen LogP contribution in [0, 0.1) is 11.6 Å². The first kappa shape index (κ1) is 23.3. The second-order valence-electron chi connectivity index (χ2n) is 7.57. The van der Waals surface area contributed by atoms with Crippen LogP contribution in [0.15, 0.2) is 52.0 Å². The zero-order chi connectivity index (χ0) is 23.6. The maximum atomic E-state index is 14.4. The van der Waals surface area contributed by atoms with Gasteiger partial charge in [0, 0.05) is 44.8 Å². The number of rotatable bonds is 7. The molecule has 0 radical (unpaired) electrons. The summed E-state index contributed by atoms with van der Waals surface area (Å²) in [6.45, 7) is 0.675. The summed E-state index contributed by atoms with van der Waals surface area (Å²) in [5.41, 5.74) is 0.132. The number of aromatic nitrogens is 1. The number of hydrogen-bond acceptors (Lipinski definition) is 7. The van der Waals surface area contributed by atoms with E-state index in [1.165, 1.54) is 24.3 Å². The fourth-order valence-corrected chi connectivity index (χ4v) is 4.40. The molecule has 1 aromatic heterocycles. The molecule has 0 aliphatic carbocycles. The van der Waals surface area contributed by atoms with Gasteiger partial charge in [0.1, 0.15) is 23.1 Å². The third-order valence-electron chi connectivity index (χ3n) is 5.47. The molecule has 2 heterocycles. The van der Waals surface area contributed by atoms with Crippen molar-refractivity contribution in [1.29, 1.82) is 0 Å². The van der Waals surface area contributed by atoms with E-state index in [-0.39, 0.29) is 23.9 Å². The van der Waals surface area contributed by atoms with Crippen LogP contribution in [-0.4, -0.2) is 33.7 Å². The van der Waals surface area contributed by atoms with E-state index < -0.39 is 32.4 Å². The van der Waals surface area contributed by atoms with Gasteiger partial charge in [0.15, 0.2) is 6.61 Å². The van der Waals surface area contributed by atoms with E-state index in [9.17, 15) is 17.2 Å². The minimum atomic E-state index is -4.26. The Morgan fingerprint density at radius 2 is 1.79 bits per heavy atom. The monoisotopic (exact) mass is 480 g/mol. The zero-order valence-corrected chi connectivity index (χ0v) is 18.5. The van der Waals surface area contributed by atoms with E-state index in [1.807, 2.05) is 0 Å². The molecule has 0 bridgehead atoms. The highest BCUT2D eigenvalue weighted by molar-refractivity contribution is 7.89. The molecule has 0 amide bonds. The van der Waals surface area contributed by atoms with Gasteiger partial charge in [-0.05, 0) is 42.0 Å². The highest BCUT2D eigenvalue weighted by atomic mass is 32.2. The largest absolute Gasteiger partial charge is 0.484 e. The van der Waals surface area contributed by atoms with Crippen LogP contribution in [0.1, 0.15) is 24.3 Å². The molecule has 33 heavy (non-hydrogen) atoms. The molecule has 4 rings (SSSR count). The number of methoxy groups -OCH3 is 1. The SMILES string of the molecule is COC1(c2cc(F)cc(OCc3nc(-c4ccc(F)cc4)c(S(N)(=O)=O)o3)c2)CCOCC1. The molecule has 0 spiro atoms. The lowest BCUT2D eigenvalue weighted by Gasteiger charge is -2.36.